The van der Waals surface area contributed by atoms with Crippen LogP contribution in [0.5, 0.6) is 0 Å². The normalized spacial score (nSPS) is 11.1. The molecule has 0 saturated heterocycles. The van der Waals surface area contributed by atoms with E-state index in [0.717, 1.165) is 13.8 Å². The van der Waals surface area contributed by atoms with E-state index in [1.807, 2.05) is 0 Å². The van der Waals surface area contributed by atoms with Crippen LogP contribution in [0.4, 0.5) is 0 Å². The van der Waals surface area contributed by atoms with Gasteiger partial charge in [-0.05, 0) is 20.3 Å². The highest BCUT2D eigenvalue weighted by molar-refractivity contribution is 7.36. The van der Waals surface area contributed by atoms with Crippen LogP contribution >= 0.6 is 0 Å². The first-order valence-corrected chi connectivity index (χ1v) is 6.09. The lowest BCUT2D eigenvalue weighted by Gasteiger charge is -2.16. The van der Waals surface area contributed by atoms with Crippen molar-refractivity contribution in [2.24, 2.45) is 0 Å². The van der Waals surface area contributed by atoms with Crippen LogP contribution in [0, 0.1) is 0 Å². The molecule has 0 aromatic heterocycles. The fourth-order valence-corrected chi connectivity index (χ4v) is 2.94. The number of hydrogen-bond donors (Lipinski definition) is 1. The molecular weight excluding hydrogens is 188 g/mol. The van der Waals surface area contributed by atoms with E-state index < -0.39 is 24.5 Å². The second kappa shape index (κ2) is 4.43. The van der Waals surface area contributed by atoms with Crippen LogP contribution < -0.4 is 0 Å². The van der Waals surface area contributed by atoms with Gasteiger partial charge >= 0.3 is 8.32 Å². The van der Waals surface area contributed by atoms with Gasteiger partial charge in [0.15, 0.2) is 16.2 Å². The Morgan fingerprint density at radius 2 is 1.54 bits per heavy atom. The lowest BCUT2D eigenvalue weighted by molar-refractivity contribution is -0.120. The smallest absolute Gasteiger partial charge is 0.398 e. The lowest BCUT2D eigenvalue weighted by atomic mass is 10.4. The average Bonchev–Trinajstić information content (AvgIpc) is 2.02. The third-order valence-corrected chi connectivity index (χ3v) is 4.99. The maximum absolute atomic E-state index is 11.3. The van der Waals surface area contributed by atoms with Crippen molar-refractivity contribution in [1.82, 2.24) is 0 Å². The van der Waals surface area contributed by atoms with Crippen molar-refractivity contribution < 1.29 is 19.2 Å². The first kappa shape index (κ1) is 12.2. The summed E-state index contributed by atoms with van der Waals surface area (Å²) >= 11 is 0. The van der Waals surface area contributed by atoms with Gasteiger partial charge in [0.2, 0.25) is 0 Å². The lowest BCUT2D eigenvalue weighted by Crippen LogP contribution is -2.58. The minimum Gasteiger partial charge on any atom is -0.416 e. The van der Waals surface area contributed by atoms with Gasteiger partial charge in [0.1, 0.15) is 0 Å². The standard InChI is InChI=1S/C8H14O4Si/c1-4-5-8(11)13(12,6(2)9)7(3)10/h12H,4-5H2,1-3H3. The molecule has 0 aliphatic carbocycles. The van der Waals surface area contributed by atoms with E-state index in [2.05, 4.69) is 0 Å². The molecular formula is C8H14O4Si. The van der Waals surface area contributed by atoms with Crippen LogP contribution in [0.15, 0.2) is 0 Å². The molecule has 0 bridgehead atoms. The van der Waals surface area contributed by atoms with Crippen LogP contribution in [0.25, 0.3) is 0 Å². The Balaban J connectivity index is 4.91. The van der Waals surface area contributed by atoms with Gasteiger partial charge in [-0.3, -0.25) is 0 Å². The maximum Gasteiger partial charge on any atom is 0.398 e. The van der Waals surface area contributed by atoms with Gasteiger partial charge < -0.3 is 19.2 Å². The van der Waals surface area contributed by atoms with Crippen LogP contribution in [0.2, 0.25) is 0 Å². The molecule has 13 heavy (non-hydrogen) atoms. The van der Waals surface area contributed by atoms with Gasteiger partial charge in [-0.25, -0.2) is 0 Å². The molecule has 0 saturated carbocycles. The second-order valence-electron chi connectivity index (χ2n) is 3.00. The molecule has 74 valence electrons. The van der Waals surface area contributed by atoms with Crippen LogP contribution in [0.3, 0.4) is 0 Å². The Morgan fingerprint density at radius 1 is 1.15 bits per heavy atom. The van der Waals surface area contributed by atoms with E-state index >= 15 is 0 Å². The zero-order valence-electron chi connectivity index (χ0n) is 8.09. The van der Waals surface area contributed by atoms with Gasteiger partial charge in [-0.15, -0.1) is 0 Å². The van der Waals surface area contributed by atoms with E-state index in [-0.39, 0.29) is 6.42 Å². The van der Waals surface area contributed by atoms with Crippen molar-refractivity contribution in [2.45, 2.75) is 33.6 Å². The van der Waals surface area contributed by atoms with Crippen LogP contribution in [0.1, 0.15) is 33.6 Å². The first-order chi connectivity index (χ1) is 5.87. The van der Waals surface area contributed by atoms with Crippen molar-refractivity contribution in [1.29, 1.82) is 0 Å². The van der Waals surface area contributed by atoms with Gasteiger partial charge in [-0.1, -0.05) is 6.92 Å². The summed E-state index contributed by atoms with van der Waals surface area (Å²) in [6.07, 6.45) is 0.636. The third-order valence-electron chi connectivity index (χ3n) is 1.90. The number of carbonyl (C=O) groups excluding carboxylic acids is 3. The Kier molecular flexibility index (Phi) is 4.15. The monoisotopic (exact) mass is 202 g/mol. The highest BCUT2D eigenvalue weighted by Crippen LogP contribution is 2.07. The Bertz CT molecular complexity index is 233. The van der Waals surface area contributed by atoms with Gasteiger partial charge in [0.05, 0.1) is 0 Å². The zero-order valence-corrected chi connectivity index (χ0v) is 9.09. The summed E-state index contributed by atoms with van der Waals surface area (Å²) in [6, 6.07) is 0. The van der Waals surface area contributed by atoms with E-state index in [1.165, 1.54) is 0 Å². The third kappa shape index (κ3) is 2.32. The molecule has 0 aliphatic rings. The van der Waals surface area contributed by atoms with E-state index in [9.17, 15) is 19.2 Å². The average molecular weight is 202 g/mol. The molecule has 0 heterocycles. The fourth-order valence-electron chi connectivity index (χ4n) is 1.05. The summed E-state index contributed by atoms with van der Waals surface area (Å²) in [6.45, 7) is 3.95. The molecule has 0 spiro atoms. The van der Waals surface area contributed by atoms with E-state index in [4.69, 9.17) is 0 Å². The molecule has 0 rings (SSSR count). The first-order valence-electron chi connectivity index (χ1n) is 4.15. The molecule has 5 heteroatoms. The Labute approximate surface area is 78.1 Å². The van der Waals surface area contributed by atoms with E-state index in [0.29, 0.717) is 6.42 Å². The maximum atomic E-state index is 11.3. The minimum atomic E-state index is -3.95. The predicted octanol–water partition coefficient (Wildman–Crippen LogP) is 0.0890. The van der Waals surface area contributed by atoms with Crippen LogP contribution in [-0.2, 0) is 14.4 Å². The molecule has 1 N–H and O–H groups in total. The Hall–Kier alpha value is -0.813. The molecule has 0 aromatic rings. The van der Waals surface area contributed by atoms with Gasteiger partial charge in [0, 0.05) is 6.42 Å². The molecule has 0 unspecified atom stereocenters. The molecule has 0 amide bonds. The summed E-state index contributed by atoms with van der Waals surface area (Å²) in [5.74, 6) is 0. The van der Waals surface area contributed by atoms with Crippen molar-refractivity contribution in [2.75, 3.05) is 0 Å². The Morgan fingerprint density at radius 3 is 1.77 bits per heavy atom. The minimum absolute atomic E-state index is 0.0991. The zero-order chi connectivity index (χ0) is 10.6. The fraction of sp³-hybridized carbons (Fsp3) is 0.625. The summed E-state index contributed by atoms with van der Waals surface area (Å²) in [5.41, 5.74) is 0. The number of hydrogen-bond acceptors (Lipinski definition) is 4. The topological polar surface area (TPSA) is 71.4 Å². The largest absolute Gasteiger partial charge is 0.416 e. The van der Waals surface area contributed by atoms with Crippen LogP contribution in [-0.4, -0.2) is 29.3 Å². The number of rotatable bonds is 5. The molecule has 0 aliphatic heterocycles. The molecule has 0 radical (unpaired) electrons. The van der Waals surface area contributed by atoms with Crippen molar-refractivity contribution in [3.8, 4) is 0 Å². The summed E-state index contributed by atoms with van der Waals surface area (Å²) < 4.78 is 0. The van der Waals surface area contributed by atoms with Crippen molar-refractivity contribution in [3.63, 3.8) is 0 Å². The number of carbonyl (C=O) groups is 3. The van der Waals surface area contributed by atoms with Crippen molar-refractivity contribution in [3.05, 3.63) is 0 Å². The molecule has 0 fully saturated rings. The van der Waals surface area contributed by atoms with Gasteiger partial charge in [0.25, 0.3) is 0 Å². The highest BCUT2D eigenvalue weighted by Gasteiger charge is 2.49. The second-order valence-corrected chi connectivity index (χ2v) is 6.38. The summed E-state index contributed by atoms with van der Waals surface area (Å²) in [7, 11) is -3.95. The molecule has 0 aromatic carbocycles. The van der Waals surface area contributed by atoms with Gasteiger partial charge in [-0.2, -0.15) is 0 Å². The highest BCUT2D eigenvalue weighted by atomic mass is 28.4. The SMILES string of the molecule is CCCC(=O)[Si](O)(C(C)=O)C(C)=O. The molecule has 4 nitrogen and oxygen atoms in total. The quantitative estimate of drug-likeness (QED) is 0.641. The van der Waals surface area contributed by atoms with E-state index in [1.54, 1.807) is 6.92 Å². The molecule has 0 atom stereocenters. The predicted molar refractivity (Wildman–Crippen MR) is 49.2 cm³/mol. The summed E-state index contributed by atoms with van der Waals surface area (Å²) in [4.78, 5) is 43.0. The summed E-state index contributed by atoms with van der Waals surface area (Å²) in [5, 5.41) is -1.91. The van der Waals surface area contributed by atoms with Crippen molar-refractivity contribution >= 4 is 24.5 Å².